The van der Waals surface area contributed by atoms with Crippen LogP contribution >= 0.6 is 11.3 Å². The Morgan fingerprint density at radius 3 is 2.61 bits per heavy atom. The fraction of sp³-hybridized carbons (Fsp3) is 0.500. The minimum Gasteiger partial charge on any atom is -0.396 e. The molecule has 0 aliphatic heterocycles. The predicted molar refractivity (Wildman–Crippen MR) is 123 cm³/mol. The van der Waals surface area contributed by atoms with Crippen molar-refractivity contribution in [3.8, 4) is 10.6 Å². The minimum absolute atomic E-state index is 0.189. The Bertz CT molecular complexity index is 991. The zero-order chi connectivity index (χ0) is 21.8. The SMILES string of the molecule is Cc1nc(NC2CCC2)nc(NCC[C@H](CO)[C@@H](O)CO)c1-c1nc2ccccc2s1. The van der Waals surface area contributed by atoms with Gasteiger partial charge in [-0.25, -0.2) is 9.97 Å². The number of aryl methyl sites for hydroxylation is 1. The van der Waals surface area contributed by atoms with Gasteiger partial charge in [-0.3, -0.25) is 0 Å². The summed E-state index contributed by atoms with van der Waals surface area (Å²) in [7, 11) is 0. The van der Waals surface area contributed by atoms with Gasteiger partial charge in [0.1, 0.15) is 10.8 Å². The molecule has 4 rings (SSSR count). The lowest BCUT2D eigenvalue weighted by molar-refractivity contribution is 0.0206. The number of rotatable bonds is 10. The largest absolute Gasteiger partial charge is 0.396 e. The standard InChI is InChI=1S/C22H29N5O3S/c1-13-19(21-26-16-7-2-3-8-18(16)31-21)20(23-10-9-14(11-28)17(30)12-29)27-22(24-13)25-15-5-4-6-15/h2-3,7-8,14-15,17,28-30H,4-6,9-12H2,1H3,(H2,23,24,25,27)/t14-,17+/m1/s1. The molecule has 1 fully saturated rings. The molecular weight excluding hydrogens is 414 g/mol. The lowest BCUT2D eigenvalue weighted by Crippen LogP contribution is -2.29. The van der Waals surface area contributed by atoms with Crippen molar-refractivity contribution in [1.82, 2.24) is 15.0 Å². The van der Waals surface area contributed by atoms with Crippen LogP contribution in [0.1, 0.15) is 31.4 Å². The molecule has 1 aliphatic carbocycles. The molecule has 0 saturated heterocycles. The van der Waals surface area contributed by atoms with Gasteiger partial charge >= 0.3 is 0 Å². The Morgan fingerprint density at radius 2 is 1.94 bits per heavy atom. The average molecular weight is 444 g/mol. The van der Waals surface area contributed by atoms with Gasteiger partial charge < -0.3 is 26.0 Å². The lowest BCUT2D eigenvalue weighted by atomic mass is 9.93. The topological polar surface area (TPSA) is 123 Å². The number of anilines is 2. The van der Waals surface area contributed by atoms with Crippen LogP contribution < -0.4 is 10.6 Å². The van der Waals surface area contributed by atoms with Crippen LogP contribution in [0.25, 0.3) is 20.8 Å². The normalized spacial score (nSPS) is 16.1. The summed E-state index contributed by atoms with van der Waals surface area (Å²) in [5.74, 6) is 0.881. The van der Waals surface area contributed by atoms with Crippen LogP contribution in [-0.2, 0) is 0 Å². The van der Waals surface area contributed by atoms with E-state index in [1.165, 1.54) is 6.42 Å². The summed E-state index contributed by atoms with van der Waals surface area (Å²) in [6.07, 6.45) is 3.02. The second-order valence-corrected chi connectivity index (χ2v) is 9.05. The molecule has 1 aliphatic rings. The number of aromatic nitrogens is 3. The highest BCUT2D eigenvalue weighted by Gasteiger charge is 2.22. The maximum absolute atomic E-state index is 9.87. The first-order chi connectivity index (χ1) is 15.1. The van der Waals surface area contributed by atoms with E-state index in [9.17, 15) is 15.3 Å². The van der Waals surface area contributed by atoms with Crippen molar-refractivity contribution in [2.45, 2.75) is 44.8 Å². The Hall–Kier alpha value is -2.33. The molecule has 8 nitrogen and oxygen atoms in total. The van der Waals surface area contributed by atoms with E-state index in [0.717, 1.165) is 39.3 Å². The number of para-hydroxylation sites is 1. The van der Waals surface area contributed by atoms with Crippen molar-refractivity contribution in [2.75, 3.05) is 30.4 Å². The molecule has 3 aromatic rings. The third-order valence-electron chi connectivity index (χ3n) is 5.81. The first-order valence-electron chi connectivity index (χ1n) is 10.7. The Balaban J connectivity index is 1.62. The van der Waals surface area contributed by atoms with E-state index in [-0.39, 0.29) is 13.2 Å². The van der Waals surface area contributed by atoms with Crippen molar-refractivity contribution in [3.63, 3.8) is 0 Å². The third-order valence-corrected chi connectivity index (χ3v) is 6.86. The molecule has 1 saturated carbocycles. The fourth-order valence-corrected chi connectivity index (χ4v) is 4.73. The number of thiazole rings is 1. The van der Waals surface area contributed by atoms with E-state index in [0.29, 0.717) is 30.8 Å². The molecule has 1 aromatic carbocycles. The molecule has 0 bridgehead atoms. The Labute approximate surface area is 185 Å². The quantitative estimate of drug-likeness (QED) is 0.324. The van der Waals surface area contributed by atoms with Crippen LogP contribution in [0, 0.1) is 12.8 Å². The Morgan fingerprint density at radius 1 is 1.13 bits per heavy atom. The van der Waals surface area contributed by atoms with Crippen LogP contribution in [0.15, 0.2) is 24.3 Å². The number of benzene rings is 1. The van der Waals surface area contributed by atoms with Crippen LogP contribution in [0.3, 0.4) is 0 Å². The maximum atomic E-state index is 9.87. The van der Waals surface area contributed by atoms with E-state index in [1.54, 1.807) is 11.3 Å². The molecule has 5 N–H and O–H groups in total. The van der Waals surface area contributed by atoms with Gasteiger partial charge in [0.05, 0.1) is 34.2 Å². The summed E-state index contributed by atoms with van der Waals surface area (Å²) < 4.78 is 1.10. The number of nitrogens with zero attached hydrogens (tertiary/aromatic N) is 3. The van der Waals surface area contributed by atoms with Crippen LogP contribution in [0.5, 0.6) is 0 Å². The van der Waals surface area contributed by atoms with Crippen LogP contribution in [0.2, 0.25) is 0 Å². The lowest BCUT2D eigenvalue weighted by Gasteiger charge is -2.27. The molecule has 31 heavy (non-hydrogen) atoms. The summed E-state index contributed by atoms with van der Waals surface area (Å²) in [4.78, 5) is 14.2. The first-order valence-corrected chi connectivity index (χ1v) is 11.6. The molecule has 2 aromatic heterocycles. The molecule has 2 heterocycles. The van der Waals surface area contributed by atoms with E-state index in [2.05, 4.69) is 16.7 Å². The van der Waals surface area contributed by atoms with Crippen molar-refractivity contribution < 1.29 is 15.3 Å². The summed E-state index contributed by atoms with van der Waals surface area (Å²) >= 11 is 1.60. The number of nitrogens with one attached hydrogen (secondary N) is 2. The molecule has 0 spiro atoms. The number of fused-ring (bicyclic) bond motifs is 1. The maximum Gasteiger partial charge on any atom is 0.225 e. The molecule has 0 amide bonds. The number of hydrogen-bond donors (Lipinski definition) is 5. The van der Waals surface area contributed by atoms with Gasteiger partial charge in [0, 0.05) is 25.1 Å². The molecule has 166 valence electrons. The molecule has 0 radical (unpaired) electrons. The average Bonchev–Trinajstić information content (AvgIpc) is 3.16. The van der Waals surface area contributed by atoms with Crippen LogP contribution in [-0.4, -0.2) is 62.2 Å². The van der Waals surface area contributed by atoms with Crippen molar-refractivity contribution in [1.29, 1.82) is 0 Å². The van der Waals surface area contributed by atoms with Gasteiger partial charge in [-0.15, -0.1) is 11.3 Å². The van der Waals surface area contributed by atoms with Crippen LogP contribution in [0.4, 0.5) is 11.8 Å². The zero-order valence-electron chi connectivity index (χ0n) is 17.6. The first kappa shape index (κ1) is 21.9. The van der Waals surface area contributed by atoms with Gasteiger partial charge in [-0.2, -0.15) is 4.98 Å². The van der Waals surface area contributed by atoms with Gasteiger partial charge in [-0.05, 0) is 44.7 Å². The fourth-order valence-electron chi connectivity index (χ4n) is 3.67. The Kier molecular flexibility index (Phi) is 6.96. The number of aliphatic hydroxyl groups is 3. The third kappa shape index (κ3) is 4.95. The minimum atomic E-state index is -0.946. The highest BCUT2D eigenvalue weighted by Crippen LogP contribution is 2.36. The van der Waals surface area contributed by atoms with E-state index >= 15 is 0 Å². The predicted octanol–water partition coefficient (Wildman–Crippen LogP) is 2.79. The second-order valence-electron chi connectivity index (χ2n) is 8.02. The number of hydrogen-bond acceptors (Lipinski definition) is 9. The van der Waals surface area contributed by atoms with E-state index < -0.39 is 12.0 Å². The van der Waals surface area contributed by atoms with Crippen molar-refractivity contribution >= 4 is 33.3 Å². The van der Waals surface area contributed by atoms with Gasteiger partial charge in [-0.1, -0.05) is 12.1 Å². The summed E-state index contributed by atoms with van der Waals surface area (Å²) in [6, 6.07) is 8.43. The molecule has 0 unspecified atom stereocenters. The molecule has 9 heteroatoms. The van der Waals surface area contributed by atoms with Crippen molar-refractivity contribution in [2.24, 2.45) is 5.92 Å². The smallest absolute Gasteiger partial charge is 0.225 e. The van der Waals surface area contributed by atoms with Crippen molar-refractivity contribution in [3.05, 3.63) is 30.0 Å². The van der Waals surface area contributed by atoms with Gasteiger partial charge in [0.25, 0.3) is 0 Å². The molecule has 2 atom stereocenters. The number of aliphatic hydroxyl groups excluding tert-OH is 3. The van der Waals surface area contributed by atoms with Gasteiger partial charge in [0.2, 0.25) is 5.95 Å². The highest BCUT2D eigenvalue weighted by molar-refractivity contribution is 7.21. The zero-order valence-corrected chi connectivity index (χ0v) is 18.4. The highest BCUT2D eigenvalue weighted by atomic mass is 32.1. The summed E-state index contributed by atoms with van der Waals surface area (Å²) in [5.41, 5.74) is 2.65. The van der Waals surface area contributed by atoms with Gasteiger partial charge in [0.15, 0.2) is 0 Å². The summed E-state index contributed by atoms with van der Waals surface area (Å²) in [6.45, 7) is 1.89. The molecular formula is C22H29N5O3S. The summed E-state index contributed by atoms with van der Waals surface area (Å²) in [5, 5.41) is 36.2. The second kappa shape index (κ2) is 9.86. The van der Waals surface area contributed by atoms with E-state index in [1.807, 2.05) is 25.1 Å². The van der Waals surface area contributed by atoms with E-state index in [4.69, 9.17) is 15.0 Å². The monoisotopic (exact) mass is 443 g/mol.